The molecule has 0 fully saturated rings. The van der Waals surface area contributed by atoms with Crippen LogP contribution in [0.15, 0.2) is 30.5 Å². The third kappa shape index (κ3) is 3.62. The van der Waals surface area contributed by atoms with Crippen LogP contribution >= 0.6 is 0 Å². The number of benzene rings is 1. The van der Waals surface area contributed by atoms with Gasteiger partial charge in [-0.3, -0.25) is 14.3 Å². The average Bonchev–Trinajstić information content (AvgIpc) is 2.88. The number of carboxylic acids is 1. The maximum atomic E-state index is 13.5. The lowest BCUT2D eigenvalue weighted by atomic mass is 10.3. The number of rotatable bonds is 5. The number of amides is 1. The van der Waals surface area contributed by atoms with Crippen molar-refractivity contribution in [3.8, 4) is 0 Å². The predicted molar refractivity (Wildman–Crippen MR) is 68.8 cm³/mol. The summed E-state index contributed by atoms with van der Waals surface area (Å²) in [7, 11) is 0. The lowest BCUT2D eigenvalue weighted by Gasteiger charge is -2.08. The van der Waals surface area contributed by atoms with Crippen LogP contribution in [0.3, 0.4) is 0 Å². The first-order chi connectivity index (χ1) is 9.97. The Bertz CT molecular complexity index is 685. The molecule has 2 rings (SSSR count). The van der Waals surface area contributed by atoms with Crippen molar-refractivity contribution in [1.29, 1.82) is 0 Å². The predicted octanol–water partition coefficient (Wildman–Crippen LogP) is 1.89. The van der Waals surface area contributed by atoms with Gasteiger partial charge in [-0.25, -0.2) is 8.78 Å². The number of carbonyl (C=O) groups excluding carboxylic acids is 1. The summed E-state index contributed by atoms with van der Waals surface area (Å²) in [5.41, 5.74) is -0.0904. The molecular formula is C13H11F2N3O3. The molecule has 0 aliphatic carbocycles. The fourth-order valence-electron chi connectivity index (χ4n) is 1.68. The molecular weight excluding hydrogens is 284 g/mol. The molecule has 0 saturated heterocycles. The fraction of sp³-hybridized carbons (Fsp3) is 0.154. The van der Waals surface area contributed by atoms with E-state index in [1.54, 1.807) is 0 Å². The number of aromatic nitrogens is 2. The van der Waals surface area contributed by atoms with Gasteiger partial charge < -0.3 is 10.4 Å². The van der Waals surface area contributed by atoms with Crippen molar-refractivity contribution in [3.63, 3.8) is 0 Å². The molecule has 0 spiro atoms. The second-order valence-corrected chi connectivity index (χ2v) is 4.16. The number of aliphatic carboxylic acids is 1. The van der Waals surface area contributed by atoms with E-state index in [0.717, 1.165) is 12.1 Å². The minimum Gasteiger partial charge on any atom is -0.481 e. The highest BCUT2D eigenvalue weighted by Crippen LogP contribution is 2.16. The number of carboxylic acid groups (broad SMARTS) is 1. The highest BCUT2D eigenvalue weighted by atomic mass is 19.1. The van der Waals surface area contributed by atoms with E-state index >= 15 is 0 Å². The van der Waals surface area contributed by atoms with Crippen LogP contribution in [0.5, 0.6) is 0 Å². The Morgan fingerprint density at radius 2 is 2.05 bits per heavy atom. The van der Waals surface area contributed by atoms with Gasteiger partial charge in [0.1, 0.15) is 17.3 Å². The molecule has 0 saturated carbocycles. The largest absolute Gasteiger partial charge is 0.481 e. The summed E-state index contributed by atoms with van der Waals surface area (Å²) in [5, 5.41) is 14.7. The van der Waals surface area contributed by atoms with Gasteiger partial charge in [0.25, 0.3) is 5.91 Å². The zero-order chi connectivity index (χ0) is 15.4. The van der Waals surface area contributed by atoms with Crippen molar-refractivity contribution in [2.45, 2.75) is 13.0 Å². The van der Waals surface area contributed by atoms with Crippen molar-refractivity contribution in [1.82, 2.24) is 9.78 Å². The molecule has 0 unspecified atom stereocenters. The van der Waals surface area contributed by atoms with Gasteiger partial charge in [-0.1, -0.05) is 0 Å². The SMILES string of the molecule is O=C(O)CCn1nccc1C(=O)Nc1ccc(F)cc1F. The Morgan fingerprint density at radius 1 is 1.29 bits per heavy atom. The van der Waals surface area contributed by atoms with E-state index < -0.39 is 23.5 Å². The Kier molecular flexibility index (Phi) is 4.27. The van der Waals surface area contributed by atoms with E-state index in [1.807, 2.05) is 0 Å². The van der Waals surface area contributed by atoms with Crippen LogP contribution < -0.4 is 5.32 Å². The Hall–Kier alpha value is -2.77. The van der Waals surface area contributed by atoms with Crippen LogP contribution in [-0.2, 0) is 11.3 Å². The number of anilines is 1. The van der Waals surface area contributed by atoms with E-state index in [4.69, 9.17) is 5.11 Å². The number of aryl methyl sites for hydroxylation is 1. The highest BCUT2D eigenvalue weighted by molar-refractivity contribution is 6.03. The summed E-state index contributed by atoms with van der Waals surface area (Å²) in [6, 6.07) is 4.14. The number of halogens is 2. The highest BCUT2D eigenvalue weighted by Gasteiger charge is 2.15. The van der Waals surface area contributed by atoms with Gasteiger partial charge in [0, 0.05) is 12.3 Å². The number of nitrogens with one attached hydrogen (secondary N) is 1. The van der Waals surface area contributed by atoms with Crippen LogP contribution in [0.1, 0.15) is 16.9 Å². The molecule has 0 atom stereocenters. The summed E-state index contributed by atoms with van der Waals surface area (Å²) < 4.78 is 27.4. The van der Waals surface area contributed by atoms with E-state index in [0.29, 0.717) is 6.07 Å². The molecule has 0 radical (unpaired) electrons. The van der Waals surface area contributed by atoms with Crippen LogP contribution in [-0.4, -0.2) is 26.8 Å². The minimum atomic E-state index is -1.03. The van der Waals surface area contributed by atoms with Crippen LogP contribution in [0.2, 0.25) is 0 Å². The Balaban J connectivity index is 2.13. The second kappa shape index (κ2) is 6.12. The van der Waals surface area contributed by atoms with Gasteiger partial charge in [-0.05, 0) is 18.2 Å². The molecule has 2 N–H and O–H groups in total. The Morgan fingerprint density at radius 3 is 2.71 bits per heavy atom. The first-order valence-corrected chi connectivity index (χ1v) is 5.97. The molecule has 1 aromatic carbocycles. The molecule has 1 aromatic heterocycles. The lowest BCUT2D eigenvalue weighted by molar-refractivity contribution is -0.137. The topological polar surface area (TPSA) is 84.2 Å². The zero-order valence-electron chi connectivity index (χ0n) is 10.7. The van der Waals surface area contributed by atoms with Crippen LogP contribution in [0.25, 0.3) is 0 Å². The number of carbonyl (C=O) groups is 2. The maximum Gasteiger partial charge on any atom is 0.305 e. The first-order valence-electron chi connectivity index (χ1n) is 5.97. The number of hydrogen-bond donors (Lipinski definition) is 2. The summed E-state index contributed by atoms with van der Waals surface area (Å²) in [6.45, 7) is 0.0109. The monoisotopic (exact) mass is 295 g/mol. The standard InChI is InChI=1S/C13H11F2N3O3/c14-8-1-2-10(9(15)7-8)17-13(21)11-3-5-16-18(11)6-4-12(19)20/h1-3,5,7H,4,6H2,(H,17,21)(H,19,20). The molecule has 21 heavy (non-hydrogen) atoms. The van der Waals surface area contributed by atoms with Crippen molar-refractivity contribution in [3.05, 3.63) is 47.8 Å². The van der Waals surface area contributed by atoms with Crippen LogP contribution in [0.4, 0.5) is 14.5 Å². The van der Waals surface area contributed by atoms with Gasteiger partial charge in [0.15, 0.2) is 0 Å². The van der Waals surface area contributed by atoms with Gasteiger partial charge in [-0.15, -0.1) is 0 Å². The normalized spacial score (nSPS) is 10.4. The second-order valence-electron chi connectivity index (χ2n) is 4.16. The molecule has 110 valence electrons. The molecule has 1 heterocycles. The third-order valence-corrected chi connectivity index (χ3v) is 2.67. The molecule has 0 aliphatic rings. The van der Waals surface area contributed by atoms with E-state index in [9.17, 15) is 18.4 Å². The van der Waals surface area contributed by atoms with Gasteiger partial charge >= 0.3 is 5.97 Å². The summed E-state index contributed by atoms with van der Waals surface area (Å²) in [4.78, 5) is 22.5. The van der Waals surface area contributed by atoms with E-state index in [2.05, 4.69) is 10.4 Å². The minimum absolute atomic E-state index is 0.0109. The third-order valence-electron chi connectivity index (χ3n) is 2.67. The number of nitrogens with zero attached hydrogens (tertiary/aromatic N) is 2. The van der Waals surface area contributed by atoms with E-state index in [1.165, 1.54) is 16.9 Å². The summed E-state index contributed by atoms with van der Waals surface area (Å²) in [6.07, 6.45) is 1.13. The average molecular weight is 295 g/mol. The molecule has 2 aromatic rings. The Labute approximate surface area is 118 Å². The molecule has 1 amide bonds. The van der Waals surface area contributed by atoms with Crippen molar-refractivity contribution in [2.75, 3.05) is 5.32 Å². The quantitative estimate of drug-likeness (QED) is 0.882. The van der Waals surface area contributed by atoms with Gasteiger partial charge in [0.2, 0.25) is 0 Å². The van der Waals surface area contributed by atoms with E-state index in [-0.39, 0.29) is 24.3 Å². The lowest BCUT2D eigenvalue weighted by Crippen LogP contribution is -2.19. The molecule has 0 aliphatic heterocycles. The smallest absolute Gasteiger partial charge is 0.305 e. The summed E-state index contributed by atoms with van der Waals surface area (Å²) >= 11 is 0. The van der Waals surface area contributed by atoms with Crippen molar-refractivity contribution < 1.29 is 23.5 Å². The fourth-order valence-corrected chi connectivity index (χ4v) is 1.68. The van der Waals surface area contributed by atoms with Crippen LogP contribution in [0, 0.1) is 11.6 Å². The first kappa shape index (κ1) is 14.6. The maximum absolute atomic E-state index is 13.5. The van der Waals surface area contributed by atoms with Crippen molar-refractivity contribution in [2.24, 2.45) is 0 Å². The zero-order valence-corrected chi connectivity index (χ0v) is 10.7. The molecule has 6 nitrogen and oxygen atoms in total. The molecule has 8 heteroatoms. The van der Waals surface area contributed by atoms with Crippen molar-refractivity contribution >= 4 is 17.6 Å². The number of hydrogen-bond acceptors (Lipinski definition) is 3. The summed E-state index contributed by atoms with van der Waals surface area (Å²) in [5.74, 6) is -3.35. The van der Waals surface area contributed by atoms with Gasteiger partial charge in [0.05, 0.1) is 18.7 Å². The van der Waals surface area contributed by atoms with Gasteiger partial charge in [-0.2, -0.15) is 5.10 Å². The molecule has 0 bridgehead atoms.